The summed E-state index contributed by atoms with van der Waals surface area (Å²) in [5.41, 5.74) is 3.62. The largest absolute Gasteiger partial charge is 0.352 e. The lowest BCUT2D eigenvalue weighted by Gasteiger charge is -2.27. The minimum absolute atomic E-state index is 0.0998. The van der Waals surface area contributed by atoms with E-state index >= 15 is 0 Å². The van der Waals surface area contributed by atoms with Crippen LogP contribution < -0.4 is 0 Å². The molecule has 1 saturated heterocycles. The van der Waals surface area contributed by atoms with Crippen molar-refractivity contribution in [3.8, 4) is 11.1 Å². The Balaban J connectivity index is 1.84. The molecule has 110 valence electrons. The molecule has 0 N–H and O–H groups in total. The van der Waals surface area contributed by atoms with E-state index in [9.17, 15) is 4.39 Å². The Morgan fingerprint density at radius 2 is 1.67 bits per heavy atom. The summed E-state index contributed by atoms with van der Waals surface area (Å²) < 4.78 is 25.3. The van der Waals surface area contributed by atoms with Crippen LogP contribution in [-0.2, 0) is 9.47 Å². The van der Waals surface area contributed by atoms with E-state index in [1.807, 2.05) is 50.2 Å². The fourth-order valence-corrected chi connectivity index (χ4v) is 2.54. The molecule has 0 aliphatic carbocycles. The van der Waals surface area contributed by atoms with Gasteiger partial charge in [-0.1, -0.05) is 42.0 Å². The summed E-state index contributed by atoms with van der Waals surface area (Å²) in [6.07, 6.45) is -0.169. The van der Waals surface area contributed by atoms with E-state index in [1.54, 1.807) is 6.07 Å². The van der Waals surface area contributed by atoms with Crippen LogP contribution in [0.15, 0.2) is 42.5 Å². The van der Waals surface area contributed by atoms with E-state index in [2.05, 4.69) is 0 Å². The van der Waals surface area contributed by atoms with Crippen LogP contribution in [0.4, 0.5) is 4.39 Å². The monoisotopic (exact) mass is 286 g/mol. The molecule has 0 saturated carbocycles. The van der Waals surface area contributed by atoms with E-state index in [1.165, 1.54) is 5.56 Å². The lowest BCUT2D eigenvalue weighted by atomic mass is 9.96. The molecule has 3 rings (SSSR count). The SMILES string of the molecule is Cc1ccc(-c2ccc(C3COC(C)OC3)cc2F)cc1. The minimum atomic E-state index is -0.199. The number of hydrogen-bond donors (Lipinski definition) is 0. The van der Waals surface area contributed by atoms with E-state index in [-0.39, 0.29) is 18.0 Å². The van der Waals surface area contributed by atoms with E-state index in [0.717, 1.165) is 11.1 Å². The molecule has 0 radical (unpaired) electrons. The normalized spacial score (nSPS) is 22.2. The third kappa shape index (κ3) is 3.14. The Kier molecular flexibility index (Phi) is 4.04. The van der Waals surface area contributed by atoms with Crippen molar-refractivity contribution in [2.75, 3.05) is 13.2 Å². The molecular weight excluding hydrogens is 267 g/mol. The molecule has 0 amide bonds. The summed E-state index contributed by atoms with van der Waals surface area (Å²) in [6, 6.07) is 13.3. The van der Waals surface area contributed by atoms with Crippen LogP contribution in [0.5, 0.6) is 0 Å². The number of rotatable bonds is 2. The van der Waals surface area contributed by atoms with Gasteiger partial charge in [-0.25, -0.2) is 4.39 Å². The first kappa shape index (κ1) is 14.2. The second-order valence-corrected chi connectivity index (χ2v) is 5.54. The van der Waals surface area contributed by atoms with Crippen molar-refractivity contribution >= 4 is 0 Å². The van der Waals surface area contributed by atoms with Crippen molar-refractivity contribution in [2.45, 2.75) is 26.1 Å². The second kappa shape index (κ2) is 5.96. The minimum Gasteiger partial charge on any atom is -0.352 e. The summed E-state index contributed by atoms with van der Waals surface area (Å²) in [7, 11) is 0. The molecule has 1 aliphatic heterocycles. The highest BCUT2D eigenvalue weighted by Gasteiger charge is 2.21. The summed E-state index contributed by atoms with van der Waals surface area (Å²) in [5.74, 6) is -0.0993. The molecule has 3 heteroatoms. The standard InChI is InChI=1S/C18H19FO2/c1-12-3-5-14(6-4-12)17-8-7-15(9-18(17)19)16-10-20-13(2)21-11-16/h3-9,13,16H,10-11H2,1-2H3. The topological polar surface area (TPSA) is 18.5 Å². The van der Waals surface area contributed by atoms with Gasteiger partial charge >= 0.3 is 0 Å². The lowest BCUT2D eigenvalue weighted by Crippen LogP contribution is -2.28. The smallest absolute Gasteiger partial charge is 0.154 e. The number of halogens is 1. The molecule has 0 unspecified atom stereocenters. The molecule has 2 aromatic rings. The van der Waals surface area contributed by atoms with Crippen molar-refractivity contribution in [1.82, 2.24) is 0 Å². The first-order chi connectivity index (χ1) is 10.1. The van der Waals surface area contributed by atoms with Crippen LogP contribution in [-0.4, -0.2) is 19.5 Å². The third-order valence-corrected chi connectivity index (χ3v) is 3.89. The third-order valence-electron chi connectivity index (χ3n) is 3.89. The first-order valence-corrected chi connectivity index (χ1v) is 7.23. The molecule has 2 aromatic carbocycles. The van der Waals surface area contributed by atoms with Gasteiger partial charge in [0.25, 0.3) is 0 Å². The maximum absolute atomic E-state index is 14.4. The van der Waals surface area contributed by atoms with Gasteiger partial charge < -0.3 is 9.47 Å². The van der Waals surface area contributed by atoms with Crippen molar-refractivity contribution in [1.29, 1.82) is 0 Å². The van der Waals surface area contributed by atoms with Gasteiger partial charge in [-0.3, -0.25) is 0 Å². The Hall–Kier alpha value is -1.71. The highest BCUT2D eigenvalue weighted by molar-refractivity contribution is 5.64. The lowest BCUT2D eigenvalue weighted by molar-refractivity contribution is -0.176. The van der Waals surface area contributed by atoms with E-state index in [0.29, 0.717) is 18.8 Å². The zero-order chi connectivity index (χ0) is 14.8. The Bertz CT molecular complexity index is 614. The van der Waals surface area contributed by atoms with Crippen LogP contribution in [0.25, 0.3) is 11.1 Å². The maximum Gasteiger partial charge on any atom is 0.154 e. The molecular formula is C18H19FO2. The molecule has 0 spiro atoms. The van der Waals surface area contributed by atoms with Gasteiger partial charge in [0.1, 0.15) is 5.82 Å². The average Bonchev–Trinajstić information content (AvgIpc) is 2.49. The van der Waals surface area contributed by atoms with Gasteiger partial charge in [0.05, 0.1) is 13.2 Å². The van der Waals surface area contributed by atoms with Crippen LogP contribution in [0, 0.1) is 12.7 Å². The number of ether oxygens (including phenoxy) is 2. The van der Waals surface area contributed by atoms with Crippen LogP contribution in [0.1, 0.15) is 24.0 Å². The molecule has 1 aliphatic rings. The number of benzene rings is 2. The fraction of sp³-hybridized carbons (Fsp3) is 0.333. The quantitative estimate of drug-likeness (QED) is 0.820. The summed E-state index contributed by atoms with van der Waals surface area (Å²) in [5, 5.41) is 0. The molecule has 0 aromatic heterocycles. The highest BCUT2D eigenvalue weighted by atomic mass is 19.1. The molecule has 2 nitrogen and oxygen atoms in total. The van der Waals surface area contributed by atoms with Crippen molar-refractivity contribution in [3.63, 3.8) is 0 Å². The van der Waals surface area contributed by atoms with Gasteiger partial charge in [-0.2, -0.15) is 0 Å². The predicted molar refractivity (Wildman–Crippen MR) is 80.7 cm³/mol. The zero-order valence-corrected chi connectivity index (χ0v) is 12.3. The summed E-state index contributed by atoms with van der Waals surface area (Å²) >= 11 is 0. The van der Waals surface area contributed by atoms with Crippen LogP contribution in [0.3, 0.4) is 0 Å². The molecule has 21 heavy (non-hydrogen) atoms. The van der Waals surface area contributed by atoms with Crippen LogP contribution >= 0.6 is 0 Å². The van der Waals surface area contributed by atoms with Gasteiger partial charge in [0.15, 0.2) is 6.29 Å². The average molecular weight is 286 g/mol. The second-order valence-electron chi connectivity index (χ2n) is 5.54. The van der Waals surface area contributed by atoms with E-state index in [4.69, 9.17) is 9.47 Å². The molecule has 0 bridgehead atoms. The Labute approximate surface area is 124 Å². The molecule has 1 fully saturated rings. The van der Waals surface area contributed by atoms with Gasteiger partial charge in [0, 0.05) is 11.5 Å². The molecule has 1 heterocycles. The van der Waals surface area contributed by atoms with Crippen LogP contribution in [0.2, 0.25) is 0 Å². The fourth-order valence-electron chi connectivity index (χ4n) is 2.54. The summed E-state index contributed by atoms with van der Waals surface area (Å²) in [6.45, 7) is 5.04. The van der Waals surface area contributed by atoms with Crippen molar-refractivity contribution < 1.29 is 13.9 Å². The maximum atomic E-state index is 14.4. The highest BCUT2D eigenvalue weighted by Crippen LogP contribution is 2.28. The number of aryl methyl sites for hydroxylation is 1. The zero-order valence-electron chi connectivity index (χ0n) is 12.3. The Morgan fingerprint density at radius 1 is 1.00 bits per heavy atom. The Morgan fingerprint density at radius 3 is 2.29 bits per heavy atom. The predicted octanol–water partition coefficient (Wildman–Crippen LogP) is 4.28. The first-order valence-electron chi connectivity index (χ1n) is 7.23. The van der Waals surface area contributed by atoms with Gasteiger partial charge in [-0.05, 0) is 31.0 Å². The number of hydrogen-bond acceptors (Lipinski definition) is 2. The van der Waals surface area contributed by atoms with E-state index < -0.39 is 0 Å². The van der Waals surface area contributed by atoms with Crippen molar-refractivity contribution in [3.05, 3.63) is 59.4 Å². The molecule has 0 atom stereocenters. The van der Waals surface area contributed by atoms with Crippen molar-refractivity contribution in [2.24, 2.45) is 0 Å². The summed E-state index contributed by atoms with van der Waals surface area (Å²) in [4.78, 5) is 0. The van der Waals surface area contributed by atoms with Gasteiger partial charge in [-0.15, -0.1) is 0 Å². The van der Waals surface area contributed by atoms with Gasteiger partial charge in [0.2, 0.25) is 0 Å².